The van der Waals surface area contributed by atoms with E-state index in [2.05, 4.69) is 288 Å². The van der Waals surface area contributed by atoms with Crippen molar-refractivity contribution in [1.29, 1.82) is 0 Å². The van der Waals surface area contributed by atoms with Crippen molar-refractivity contribution in [1.82, 2.24) is 0 Å². The van der Waals surface area contributed by atoms with Crippen LogP contribution in [0.1, 0.15) is 22.3 Å². The van der Waals surface area contributed by atoms with Crippen LogP contribution < -0.4 is 14.7 Å². The van der Waals surface area contributed by atoms with Crippen LogP contribution in [0, 0.1) is 0 Å². The first kappa shape index (κ1) is 39.4. The van der Waals surface area contributed by atoms with Gasteiger partial charge in [0, 0.05) is 51.1 Å². The van der Waals surface area contributed by atoms with Crippen LogP contribution in [-0.2, 0) is 5.41 Å². The van der Waals surface area contributed by atoms with E-state index in [1.54, 1.807) is 0 Å². The first-order chi connectivity index (χ1) is 33.8. The molecule has 3 nitrogen and oxygen atoms in total. The van der Waals surface area contributed by atoms with Crippen LogP contribution in [0.15, 0.2) is 273 Å². The fraction of sp³-hybridized carbons (Fsp3) is 0.0154. The van der Waals surface area contributed by atoms with Crippen molar-refractivity contribution in [2.75, 3.05) is 14.7 Å². The van der Waals surface area contributed by atoms with Crippen molar-refractivity contribution >= 4 is 62.0 Å². The molecule has 0 saturated heterocycles. The Bertz CT molecular complexity index is 3570. The number of benzene rings is 11. The Morgan fingerprint density at radius 1 is 0.221 bits per heavy atom. The molecule has 13 rings (SSSR count). The molecule has 68 heavy (non-hydrogen) atoms. The van der Waals surface area contributed by atoms with Gasteiger partial charge in [-0.05, 0) is 141 Å². The molecule has 0 fully saturated rings. The number of anilines is 9. The molecule has 11 aromatic rings. The summed E-state index contributed by atoms with van der Waals surface area (Å²) < 4.78 is 0. The molecule has 0 atom stereocenters. The van der Waals surface area contributed by atoms with Gasteiger partial charge in [-0.15, -0.1) is 0 Å². The molecule has 0 aliphatic heterocycles. The molecule has 0 N–H and O–H groups in total. The molecule has 2 aliphatic rings. The zero-order valence-corrected chi connectivity index (χ0v) is 37.3. The lowest BCUT2D eigenvalue weighted by molar-refractivity contribution is 0.794. The zero-order valence-electron chi connectivity index (χ0n) is 37.3. The van der Waals surface area contributed by atoms with Gasteiger partial charge in [0.1, 0.15) is 0 Å². The van der Waals surface area contributed by atoms with Crippen LogP contribution in [0.3, 0.4) is 0 Å². The zero-order chi connectivity index (χ0) is 45.0. The molecule has 0 bridgehead atoms. The number of hydrogen-bond donors (Lipinski definition) is 0. The van der Waals surface area contributed by atoms with E-state index in [0.717, 1.165) is 51.2 Å². The van der Waals surface area contributed by atoms with Crippen LogP contribution in [-0.4, -0.2) is 0 Å². The van der Waals surface area contributed by atoms with Crippen LogP contribution >= 0.6 is 0 Å². The first-order valence-electron chi connectivity index (χ1n) is 23.4. The Hall–Kier alpha value is -8.92. The van der Waals surface area contributed by atoms with Gasteiger partial charge >= 0.3 is 0 Å². The minimum absolute atomic E-state index is 0.484. The molecule has 0 aromatic heterocycles. The normalized spacial score (nSPS) is 12.5. The van der Waals surface area contributed by atoms with Crippen LogP contribution in [0.5, 0.6) is 0 Å². The van der Waals surface area contributed by atoms with E-state index in [-0.39, 0.29) is 0 Å². The molecular weight excluding hydrogens is 823 g/mol. The van der Waals surface area contributed by atoms with E-state index < -0.39 is 5.41 Å². The summed E-state index contributed by atoms with van der Waals surface area (Å²) in [6.45, 7) is 0. The Labute approximate surface area is 397 Å². The van der Waals surface area contributed by atoms with Gasteiger partial charge in [-0.25, -0.2) is 0 Å². The Morgan fingerprint density at radius 3 is 1.13 bits per heavy atom. The van der Waals surface area contributed by atoms with Crippen LogP contribution in [0.4, 0.5) is 51.2 Å². The number of nitrogens with zero attached hydrogens (tertiary/aromatic N) is 3. The molecule has 0 heterocycles. The van der Waals surface area contributed by atoms with E-state index >= 15 is 0 Å². The second-order valence-electron chi connectivity index (χ2n) is 17.7. The predicted octanol–water partition coefficient (Wildman–Crippen LogP) is 17.6. The third kappa shape index (κ3) is 6.21. The van der Waals surface area contributed by atoms with Gasteiger partial charge in [0.25, 0.3) is 0 Å². The second-order valence-corrected chi connectivity index (χ2v) is 17.7. The highest BCUT2D eigenvalue weighted by Crippen LogP contribution is 2.64. The van der Waals surface area contributed by atoms with E-state index in [0.29, 0.717) is 0 Å². The van der Waals surface area contributed by atoms with Gasteiger partial charge < -0.3 is 14.7 Å². The van der Waals surface area contributed by atoms with Crippen molar-refractivity contribution in [2.24, 2.45) is 0 Å². The van der Waals surface area contributed by atoms with Crippen LogP contribution in [0.25, 0.3) is 33.0 Å². The molecule has 0 radical (unpaired) electrons. The molecule has 0 saturated carbocycles. The highest BCUT2D eigenvalue weighted by atomic mass is 15.2. The van der Waals surface area contributed by atoms with E-state index in [9.17, 15) is 0 Å². The van der Waals surface area contributed by atoms with Crippen LogP contribution in [0.2, 0.25) is 0 Å². The minimum Gasteiger partial charge on any atom is -0.310 e. The average molecular weight is 868 g/mol. The topological polar surface area (TPSA) is 9.72 Å². The lowest BCUT2D eigenvalue weighted by atomic mass is 9.70. The lowest BCUT2D eigenvalue weighted by Gasteiger charge is -2.33. The summed E-state index contributed by atoms with van der Waals surface area (Å²) in [7, 11) is 0. The van der Waals surface area contributed by atoms with Crippen molar-refractivity contribution in [3.63, 3.8) is 0 Å². The number of fused-ring (bicyclic) bond motifs is 11. The van der Waals surface area contributed by atoms with Gasteiger partial charge in [0.2, 0.25) is 0 Å². The van der Waals surface area contributed by atoms with Crippen molar-refractivity contribution in [3.8, 4) is 22.3 Å². The Kier molecular flexibility index (Phi) is 9.40. The maximum atomic E-state index is 2.49. The summed E-state index contributed by atoms with van der Waals surface area (Å²) in [6, 6.07) is 99.7. The number of para-hydroxylation sites is 3. The molecule has 1 spiro atoms. The highest BCUT2D eigenvalue weighted by Gasteiger charge is 2.52. The third-order valence-electron chi connectivity index (χ3n) is 14.0. The highest BCUT2D eigenvalue weighted by molar-refractivity contribution is 6.02. The van der Waals surface area contributed by atoms with Gasteiger partial charge in [0.05, 0.1) is 11.1 Å². The summed E-state index contributed by atoms with van der Waals surface area (Å²) in [5.41, 5.74) is 19.6. The fourth-order valence-electron chi connectivity index (χ4n) is 11.2. The Balaban J connectivity index is 1.07. The van der Waals surface area contributed by atoms with E-state index in [1.807, 2.05) is 0 Å². The summed E-state index contributed by atoms with van der Waals surface area (Å²) in [4.78, 5) is 7.22. The van der Waals surface area contributed by atoms with Gasteiger partial charge in [-0.3, -0.25) is 0 Å². The SMILES string of the molecule is c1ccc(N(c2ccccc2)c2cccc(N(c3cccc(N(c4ccccc4)c4ccc5ccccc5c4)c3)c3cccc4c3-c3ccccc3C43c4ccccc4-c4ccccc43)c2)cc1. The number of hydrogen-bond acceptors (Lipinski definition) is 3. The fourth-order valence-corrected chi connectivity index (χ4v) is 11.2. The lowest BCUT2D eigenvalue weighted by Crippen LogP contribution is -2.26. The molecule has 0 amide bonds. The van der Waals surface area contributed by atoms with Gasteiger partial charge in [-0.2, -0.15) is 0 Å². The summed E-state index contributed by atoms with van der Waals surface area (Å²) in [5, 5.41) is 2.41. The van der Waals surface area contributed by atoms with E-state index in [1.165, 1.54) is 55.3 Å². The standard InChI is InChI=1S/C65H45N3/c1-4-23-48(24-5-1)66(49-25-6-2-7-26-49)51-29-18-31-53(44-51)68(54-32-19-30-52(45-54)67(50-27-8-3-9-28-50)55-42-41-46-21-10-11-22-47(46)43-55)63-40-20-39-62-64(63)58-35-14-17-38-61(58)65(62)59-36-15-12-33-56(59)57-34-13-16-37-60(57)65/h1-45H. The van der Waals surface area contributed by atoms with Crippen molar-refractivity contribution in [3.05, 3.63) is 295 Å². The molecular formula is C65H45N3. The molecule has 3 heteroatoms. The smallest absolute Gasteiger partial charge is 0.0726 e. The molecule has 11 aromatic carbocycles. The Morgan fingerprint density at radius 2 is 0.588 bits per heavy atom. The number of rotatable bonds is 9. The van der Waals surface area contributed by atoms with Crippen molar-refractivity contribution in [2.45, 2.75) is 5.41 Å². The quantitative estimate of drug-likeness (QED) is 0.143. The molecule has 320 valence electrons. The second kappa shape index (κ2) is 16.2. The van der Waals surface area contributed by atoms with Gasteiger partial charge in [0.15, 0.2) is 0 Å². The summed E-state index contributed by atoms with van der Waals surface area (Å²) >= 11 is 0. The van der Waals surface area contributed by atoms with Gasteiger partial charge in [-0.1, -0.05) is 182 Å². The maximum Gasteiger partial charge on any atom is 0.0726 e. The summed E-state index contributed by atoms with van der Waals surface area (Å²) in [6.07, 6.45) is 0. The van der Waals surface area contributed by atoms with Crippen molar-refractivity contribution < 1.29 is 0 Å². The average Bonchev–Trinajstić information content (AvgIpc) is 3.88. The largest absolute Gasteiger partial charge is 0.310 e. The maximum absolute atomic E-state index is 2.49. The van der Waals surface area contributed by atoms with E-state index in [4.69, 9.17) is 0 Å². The third-order valence-corrected chi connectivity index (χ3v) is 14.0. The monoisotopic (exact) mass is 867 g/mol. The first-order valence-corrected chi connectivity index (χ1v) is 23.4. The predicted molar refractivity (Wildman–Crippen MR) is 284 cm³/mol. The molecule has 0 unspecified atom stereocenters. The summed E-state index contributed by atoms with van der Waals surface area (Å²) in [5.74, 6) is 0. The minimum atomic E-state index is -0.484. The molecule has 2 aliphatic carbocycles.